The second-order valence-corrected chi connectivity index (χ2v) is 10.7. The summed E-state index contributed by atoms with van der Waals surface area (Å²) in [5, 5.41) is 4.52. The van der Waals surface area contributed by atoms with E-state index >= 15 is 0 Å². The normalized spacial score (nSPS) is 20.4. The monoisotopic (exact) mass is 486 g/mol. The Bertz CT molecular complexity index is 944. The summed E-state index contributed by atoms with van der Waals surface area (Å²) in [4.78, 5) is 16.2. The van der Waals surface area contributed by atoms with Crippen molar-refractivity contribution < 1.29 is 9.53 Å². The fraction of sp³-hybridized carbons (Fsp3) is 0.519. The van der Waals surface area contributed by atoms with Crippen LogP contribution in [-0.4, -0.2) is 36.5 Å². The zero-order valence-electron chi connectivity index (χ0n) is 19.0. The lowest BCUT2D eigenvalue weighted by Crippen LogP contribution is -2.47. The molecular weight excluding hydrogens is 455 g/mol. The molecule has 176 valence electrons. The van der Waals surface area contributed by atoms with E-state index in [2.05, 4.69) is 10.2 Å². The molecule has 1 saturated carbocycles. The van der Waals surface area contributed by atoms with Gasteiger partial charge in [-0.25, -0.2) is 0 Å². The maximum absolute atomic E-state index is 13.6. The number of halogens is 2. The topological polar surface area (TPSA) is 41.6 Å². The number of piperidine rings is 1. The number of fused-ring (bicyclic) bond motifs is 2. The first-order valence-corrected chi connectivity index (χ1v) is 13.1. The maximum Gasteiger partial charge on any atom is 0.232 e. The number of rotatable bonds is 4. The van der Waals surface area contributed by atoms with Crippen LogP contribution in [-0.2, 0) is 4.79 Å². The zero-order chi connectivity index (χ0) is 22.8. The van der Waals surface area contributed by atoms with Gasteiger partial charge in [0.1, 0.15) is 11.5 Å². The molecule has 2 aromatic carbocycles. The minimum absolute atomic E-state index is 0.00690. The third-order valence-electron chi connectivity index (χ3n) is 7.47. The Kier molecular flexibility index (Phi) is 7.15. The van der Waals surface area contributed by atoms with Gasteiger partial charge < -0.3 is 15.0 Å². The number of carbonyl (C=O) groups excluding carboxylic acids is 1. The second-order valence-electron chi connectivity index (χ2n) is 9.84. The number of amides is 1. The van der Waals surface area contributed by atoms with Crippen molar-refractivity contribution in [3.63, 3.8) is 0 Å². The van der Waals surface area contributed by atoms with Crippen molar-refractivity contribution in [2.45, 2.75) is 63.3 Å². The largest absolute Gasteiger partial charge is 0.457 e. The Morgan fingerprint density at radius 1 is 0.879 bits per heavy atom. The minimum atomic E-state index is -0.481. The Morgan fingerprint density at radius 3 is 2.03 bits per heavy atom. The smallest absolute Gasteiger partial charge is 0.232 e. The highest BCUT2D eigenvalue weighted by Crippen LogP contribution is 2.46. The Balaban J connectivity index is 1.26. The molecule has 0 spiro atoms. The third-order valence-corrected chi connectivity index (χ3v) is 7.94. The molecule has 1 saturated heterocycles. The predicted octanol–water partition coefficient (Wildman–Crippen LogP) is 6.78. The average molecular weight is 487 g/mol. The molecule has 2 aromatic rings. The molecule has 0 radical (unpaired) electrons. The summed E-state index contributed by atoms with van der Waals surface area (Å²) in [5.41, 5.74) is 1.58. The van der Waals surface area contributed by atoms with Crippen LogP contribution < -0.4 is 10.1 Å². The van der Waals surface area contributed by atoms with Crippen LogP contribution in [0.5, 0.6) is 11.5 Å². The van der Waals surface area contributed by atoms with Gasteiger partial charge in [0, 0.05) is 46.8 Å². The Morgan fingerprint density at radius 2 is 1.45 bits per heavy atom. The molecule has 4 nitrogen and oxygen atoms in total. The molecule has 2 aliphatic heterocycles. The van der Waals surface area contributed by atoms with Crippen molar-refractivity contribution in [3.8, 4) is 11.5 Å². The van der Waals surface area contributed by atoms with Gasteiger partial charge in [0.25, 0.3) is 0 Å². The van der Waals surface area contributed by atoms with E-state index in [1.165, 1.54) is 45.1 Å². The summed E-state index contributed by atoms with van der Waals surface area (Å²) in [6.07, 6.45) is 10.3. The summed E-state index contributed by atoms with van der Waals surface area (Å²) < 4.78 is 6.05. The zero-order valence-corrected chi connectivity index (χ0v) is 20.5. The van der Waals surface area contributed by atoms with Crippen molar-refractivity contribution in [1.29, 1.82) is 0 Å². The first kappa shape index (κ1) is 23.0. The van der Waals surface area contributed by atoms with Crippen LogP contribution in [0, 0.1) is 5.92 Å². The van der Waals surface area contributed by atoms with E-state index in [-0.39, 0.29) is 11.9 Å². The van der Waals surface area contributed by atoms with E-state index in [9.17, 15) is 4.79 Å². The van der Waals surface area contributed by atoms with E-state index in [0.29, 0.717) is 21.5 Å². The summed E-state index contributed by atoms with van der Waals surface area (Å²) in [6, 6.07) is 11.1. The number of ether oxygens (including phenoxy) is 1. The predicted molar refractivity (Wildman–Crippen MR) is 134 cm³/mol. The summed E-state index contributed by atoms with van der Waals surface area (Å²) in [7, 11) is 0. The van der Waals surface area contributed by atoms with Gasteiger partial charge in [-0.2, -0.15) is 0 Å². The van der Waals surface area contributed by atoms with E-state index < -0.39 is 5.92 Å². The molecule has 5 rings (SSSR count). The first-order valence-electron chi connectivity index (χ1n) is 12.4. The lowest BCUT2D eigenvalue weighted by molar-refractivity contribution is -0.122. The van der Waals surface area contributed by atoms with Crippen LogP contribution in [0.2, 0.25) is 10.0 Å². The maximum atomic E-state index is 13.6. The van der Waals surface area contributed by atoms with Gasteiger partial charge in [-0.15, -0.1) is 0 Å². The summed E-state index contributed by atoms with van der Waals surface area (Å²) in [6.45, 7) is 3.33. The average Bonchev–Trinajstić information content (AvgIpc) is 3.07. The van der Waals surface area contributed by atoms with Crippen molar-refractivity contribution in [3.05, 3.63) is 57.6 Å². The van der Waals surface area contributed by atoms with Gasteiger partial charge in [0.15, 0.2) is 0 Å². The highest BCUT2D eigenvalue weighted by atomic mass is 35.5. The van der Waals surface area contributed by atoms with Crippen molar-refractivity contribution in [2.24, 2.45) is 5.92 Å². The molecule has 0 atom stereocenters. The first-order chi connectivity index (χ1) is 16.1. The van der Waals surface area contributed by atoms with E-state index in [1.807, 2.05) is 24.3 Å². The highest BCUT2D eigenvalue weighted by Gasteiger charge is 2.35. The quantitative estimate of drug-likeness (QED) is 0.484. The molecule has 1 amide bonds. The number of benzene rings is 2. The molecule has 2 heterocycles. The molecule has 3 aliphatic rings. The van der Waals surface area contributed by atoms with Gasteiger partial charge in [-0.3, -0.25) is 4.79 Å². The van der Waals surface area contributed by atoms with E-state index in [0.717, 1.165) is 43.0 Å². The summed E-state index contributed by atoms with van der Waals surface area (Å²) >= 11 is 12.6. The lowest BCUT2D eigenvalue weighted by Gasteiger charge is -2.35. The third kappa shape index (κ3) is 5.34. The molecule has 0 unspecified atom stereocenters. The summed E-state index contributed by atoms with van der Waals surface area (Å²) in [5.74, 6) is 1.71. The number of hydrogen-bond acceptors (Lipinski definition) is 3. The van der Waals surface area contributed by atoms with Crippen molar-refractivity contribution in [1.82, 2.24) is 10.2 Å². The van der Waals surface area contributed by atoms with E-state index in [4.69, 9.17) is 27.9 Å². The fourth-order valence-corrected chi connectivity index (χ4v) is 6.06. The number of carbonyl (C=O) groups is 1. The lowest BCUT2D eigenvalue weighted by atomic mass is 9.86. The molecule has 1 N–H and O–H groups in total. The molecule has 2 fully saturated rings. The molecule has 1 aliphatic carbocycles. The van der Waals surface area contributed by atoms with Gasteiger partial charge in [-0.1, -0.05) is 48.9 Å². The van der Waals surface area contributed by atoms with Crippen LogP contribution in [0.3, 0.4) is 0 Å². The minimum Gasteiger partial charge on any atom is -0.457 e. The van der Waals surface area contributed by atoms with Crippen LogP contribution in [0.4, 0.5) is 0 Å². The number of likely N-dealkylation sites (tertiary alicyclic amines) is 1. The number of nitrogens with one attached hydrogen (secondary N) is 1. The highest BCUT2D eigenvalue weighted by molar-refractivity contribution is 6.31. The van der Waals surface area contributed by atoms with Gasteiger partial charge in [0.2, 0.25) is 5.91 Å². The van der Waals surface area contributed by atoms with E-state index in [1.54, 1.807) is 12.1 Å². The van der Waals surface area contributed by atoms with Gasteiger partial charge in [-0.05, 0) is 68.0 Å². The van der Waals surface area contributed by atoms with Crippen molar-refractivity contribution in [2.75, 3.05) is 19.6 Å². The molecule has 33 heavy (non-hydrogen) atoms. The van der Waals surface area contributed by atoms with Crippen LogP contribution in [0.1, 0.15) is 68.4 Å². The fourth-order valence-electron chi connectivity index (χ4n) is 5.70. The Hall–Kier alpha value is -1.75. The molecular formula is C27H32Cl2N2O2. The van der Waals surface area contributed by atoms with Crippen LogP contribution in [0.25, 0.3) is 0 Å². The van der Waals surface area contributed by atoms with Gasteiger partial charge >= 0.3 is 0 Å². The van der Waals surface area contributed by atoms with Gasteiger partial charge in [0.05, 0.1) is 5.92 Å². The van der Waals surface area contributed by atoms with Crippen molar-refractivity contribution >= 4 is 29.1 Å². The molecule has 6 heteroatoms. The number of nitrogens with zero attached hydrogens (tertiary/aromatic N) is 1. The number of hydrogen-bond donors (Lipinski definition) is 1. The molecule has 0 bridgehead atoms. The molecule has 0 aromatic heterocycles. The second kappa shape index (κ2) is 10.2. The van der Waals surface area contributed by atoms with Crippen LogP contribution in [0.15, 0.2) is 36.4 Å². The standard InChI is InChI=1S/C27H32Cl2N2O2/c28-19-7-9-24-22(15-19)26(23-16-20(29)8-10-25(23)33-24)27(32)30-21-11-13-31(14-12-21)17-18-5-3-1-2-4-6-18/h7-10,15-16,18,21,26H,1-6,11-14,17H2,(H,30,32). The van der Waals surface area contributed by atoms with Crippen LogP contribution >= 0.6 is 23.2 Å². The SMILES string of the molecule is O=C(NC1CCN(CC2CCCCCC2)CC1)C1c2cc(Cl)ccc2Oc2ccc(Cl)cc21. The Labute approximate surface area is 206 Å².